The number of ether oxygens (including phenoxy) is 1. The molecule has 0 bridgehead atoms. The van der Waals surface area contributed by atoms with Crippen molar-refractivity contribution in [1.29, 1.82) is 0 Å². The molecule has 2 aromatic heterocycles. The molecular formula is C24H16BrN3O4S. The number of Topliss-reactive ketones (excluding diaryl/α,β-unsaturated/α-hetero) is 1. The van der Waals surface area contributed by atoms with Crippen molar-refractivity contribution in [1.82, 2.24) is 9.97 Å². The fourth-order valence-electron chi connectivity index (χ4n) is 3.82. The van der Waals surface area contributed by atoms with E-state index in [0.717, 1.165) is 10.2 Å². The average Bonchev–Trinajstić information content (AvgIpc) is 3.37. The number of ketones is 1. The molecule has 1 aliphatic rings. The van der Waals surface area contributed by atoms with E-state index in [1.54, 1.807) is 42.7 Å². The predicted octanol–water partition coefficient (Wildman–Crippen LogP) is 5.09. The van der Waals surface area contributed by atoms with Crippen molar-refractivity contribution < 1.29 is 19.4 Å². The summed E-state index contributed by atoms with van der Waals surface area (Å²) < 4.78 is 6.75. The Kier molecular flexibility index (Phi) is 5.43. The molecule has 1 fully saturated rings. The number of pyridine rings is 1. The number of aliphatic hydroxyl groups is 1. The summed E-state index contributed by atoms with van der Waals surface area (Å²) in [5.41, 5.74) is 1.73. The SMILES string of the molecule is COc1ccc(/C(O)=C2\C(=O)C(=O)N(c3nc4ccccc4s3)C2c2ccncc2)cc1Br. The van der Waals surface area contributed by atoms with Crippen LogP contribution >= 0.6 is 27.3 Å². The predicted molar refractivity (Wildman–Crippen MR) is 129 cm³/mol. The van der Waals surface area contributed by atoms with Crippen LogP contribution in [0.3, 0.4) is 0 Å². The van der Waals surface area contributed by atoms with Gasteiger partial charge in [0.1, 0.15) is 11.5 Å². The monoisotopic (exact) mass is 521 g/mol. The van der Waals surface area contributed by atoms with Gasteiger partial charge in [0.05, 0.1) is 33.4 Å². The molecule has 1 amide bonds. The van der Waals surface area contributed by atoms with Gasteiger partial charge in [0.25, 0.3) is 5.78 Å². The van der Waals surface area contributed by atoms with Gasteiger partial charge < -0.3 is 9.84 Å². The van der Waals surface area contributed by atoms with Gasteiger partial charge in [-0.15, -0.1) is 0 Å². The number of hydrogen-bond acceptors (Lipinski definition) is 7. The first kappa shape index (κ1) is 21.3. The third-order valence-corrected chi connectivity index (χ3v) is 7.04. The molecular weight excluding hydrogens is 506 g/mol. The minimum absolute atomic E-state index is 0.0116. The van der Waals surface area contributed by atoms with Crippen molar-refractivity contribution >= 4 is 60.1 Å². The highest BCUT2D eigenvalue weighted by Gasteiger charge is 2.48. The van der Waals surface area contributed by atoms with Crippen LogP contribution < -0.4 is 9.64 Å². The Morgan fingerprint density at radius 3 is 2.58 bits per heavy atom. The van der Waals surface area contributed by atoms with Crippen LogP contribution in [-0.4, -0.2) is 33.9 Å². The van der Waals surface area contributed by atoms with Crippen molar-refractivity contribution in [3.63, 3.8) is 0 Å². The Balaban J connectivity index is 1.72. The van der Waals surface area contributed by atoms with E-state index >= 15 is 0 Å². The summed E-state index contributed by atoms with van der Waals surface area (Å²) in [6.07, 6.45) is 3.16. The molecule has 164 valence electrons. The summed E-state index contributed by atoms with van der Waals surface area (Å²) in [7, 11) is 1.53. The van der Waals surface area contributed by atoms with Crippen LogP contribution in [0, 0.1) is 0 Å². The van der Waals surface area contributed by atoms with E-state index in [0.29, 0.717) is 26.5 Å². The molecule has 1 atom stereocenters. The second-order valence-electron chi connectivity index (χ2n) is 7.26. The van der Waals surface area contributed by atoms with Crippen LogP contribution in [0.2, 0.25) is 0 Å². The van der Waals surface area contributed by atoms with Crippen molar-refractivity contribution in [2.75, 3.05) is 12.0 Å². The van der Waals surface area contributed by atoms with E-state index in [1.807, 2.05) is 24.3 Å². The number of carbonyl (C=O) groups is 2. The highest BCUT2D eigenvalue weighted by atomic mass is 79.9. The molecule has 9 heteroatoms. The number of nitrogens with zero attached hydrogens (tertiary/aromatic N) is 3. The summed E-state index contributed by atoms with van der Waals surface area (Å²) in [5.74, 6) is -1.22. The summed E-state index contributed by atoms with van der Waals surface area (Å²) >= 11 is 4.72. The number of hydrogen-bond donors (Lipinski definition) is 1. The Bertz CT molecular complexity index is 1400. The van der Waals surface area contributed by atoms with Gasteiger partial charge in [-0.05, 0) is 64.0 Å². The number of benzene rings is 2. The number of halogens is 1. The van der Waals surface area contributed by atoms with Gasteiger partial charge in [0.2, 0.25) is 0 Å². The highest BCUT2D eigenvalue weighted by Crippen LogP contribution is 2.44. The Hall–Kier alpha value is -3.56. The number of anilines is 1. The van der Waals surface area contributed by atoms with E-state index < -0.39 is 17.7 Å². The Morgan fingerprint density at radius 2 is 1.88 bits per heavy atom. The van der Waals surface area contributed by atoms with Gasteiger partial charge in [0.15, 0.2) is 5.13 Å². The maximum absolute atomic E-state index is 13.2. The smallest absolute Gasteiger partial charge is 0.301 e. The van der Waals surface area contributed by atoms with Crippen molar-refractivity contribution in [2.45, 2.75) is 6.04 Å². The summed E-state index contributed by atoms with van der Waals surface area (Å²) in [6, 6.07) is 15.0. The summed E-state index contributed by atoms with van der Waals surface area (Å²) in [4.78, 5) is 36.4. The van der Waals surface area contributed by atoms with Gasteiger partial charge in [0, 0.05) is 18.0 Å². The zero-order valence-corrected chi connectivity index (χ0v) is 19.6. The average molecular weight is 522 g/mol. The van der Waals surface area contributed by atoms with Gasteiger partial charge in [-0.1, -0.05) is 23.5 Å². The summed E-state index contributed by atoms with van der Waals surface area (Å²) in [5, 5.41) is 11.6. The molecule has 0 aliphatic carbocycles. The molecule has 33 heavy (non-hydrogen) atoms. The van der Waals surface area contributed by atoms with Crippen LogP contribution in [0.15, 0.2) is 77.0 Å². The van der Waals surface area contributed by atoms with E-state index in [9.17, 15) is 14.7 Å². The van der Waals surface area contributed by atoms with E-state index in [2.05, 4.69) is 25.9 Å². The number of aromatic nitrogens is 2. The van der Waals surface area contributed by atoms with E-state index in [-0.39, 0.29) is 11.3 Å². The normalized spacial score (nSPS) is 17.6. The van der Waals surface area contributed by atoms with Crippen LogP contribution in [0.1, 0.15) is 17.2 Å². The first-order valence-corrected chi connectivity index (χ1v) is 11.5. The highest BCUT2D eigenvalue weighted by molar-refractivity contribution is 9.10. The molecule has 4 aromatic rings. The lowest BCUT2D eigenvalue weighted by atomic mass is 9.96. The Labute approximate surface area is 201 Å². The van der Waals surface area contributed by atoms with Crippen LogP contribution in [0.5, 0.6) is 5.75 Å². The number of amides is 1. The third-order valence-electron chi connectivity index (χ3n) is 5.38. The molecule has 0 spiro atoms. The first-order chi connectivity index (χ1) is 16.0. The molecule has 7 nitrogen and oxygen atoms in total. The summed E-state index contributed by atoms with van der Waals surface area (Å²) in [6.45, 7) is 0. The lowest BCUT2D eigenvalue weighted by Crippen LogP contribution is -2.29. The number of fused-ring (bicyclic) bond motifs is 1. The second-order valence-corrected chi connectivity index (χ2v) is 9.13. The standard InChI is InChI=1S/C24H16BrN3O4S/c1-32-17-7-6-14(12-15(17)25)21(29)19-20(13-8-10-26-11-9-13)28(23(31)22(19)30)24-27-16-4-2-3-5-18(16)33-24/h2-12,20,29H,1H3/b21-19+. The zero-order valence-electron chi connectivity index (χ0n) is 17.2. The quantitative estimate of drug-likeness (QED) is 0.228. The van der Waals surface area contributed by atoms with Crippen molar-refractivity contribution in [3.8, 4) is 5.75 Å². The van der Waals surface area contributed by atoms with Crippen LogP contribution in [-0.2, 0) is 9.59 Å². The number of aliphatic hydroxyl groups excluding tert-OH is 1. The van der Waals surface area contributed by atoms with Gasteiger partial charge in [-0.2, -0.15) is 0 Å². The number of rotatable bonds is 4. The molecule has 1 aliphatic heterocycles. The maximum Gasteiger partial charge on any atom is 0.301 e. The second kappa shape index (κ2) is 8.42. The van der Waals surface area contributed by atoms with Gasteiger partial charge in [-0.25, -0.2) is 4.98 Å². The van der Waals surface area contributed by atoms with Crippen molar-refractivity contribution in [3.05, 3.63) is 88.2 Å². The molecule has 1 unspecified atom stereocenters. The lowest BCUT2D eigenvalue weighted by Gasteiger charge is -2.22. The number of thiazole rings is 1. The van der Waals surface area contributed by atoms with Gasteiger partial charge >= 0.3 is 5.91 Å². The number of methoxy groups -OCH3 is 1. The molecule has 2 aromatic carbocycles. The van der Waals surface area contributed by atoms with E-state index in [4.69, 9.17) is 4.74 Å². The van der Waals surface area contributed by atoms with E-state index in [1.165, 1.54) is 23.3 Å². The first-order valence-electron chi connectivity index (χ1n) is 9.90. The van der Waals surface area contributed by atoms with Crippen LogP contribution in [0.4, 0.5) is 5.13 Å². The van der Waals surface area contributed by atoms with Crippen LogP contribution in [0.25, 0.3) is 16.0 Å². The van der Waals surface area contributed by atoms with Gasteiger partial charge in [-0.3, -0.25) is 19.5 Å². The lowest BCUT2D eigenvalue weighted by molar-refractivity contribution is -0.132. The molecule has 3 heterocycles. The third kappa shape index (κ3) is 3.59. The fraction of sp³-hybridized carbons (Fsp3) is 0.0833. The Morgan fingerprint density at radius 1 is 1.12 bits per heavy atom. The zero-order chi connectivity index (χ0) is 23.1. The number of carbonyl (C=O) groups excluding carboxylic acids is 2. The molecule has 1 saturated heterocycles. The topological polar surface area (TPSA) is 92.6 Å². The minimum Gasteiger partial charge on any atom is -0.507 e. The largest absolute Gasteiger partial charge is 0.507 e. The van der Waals surface area contributed by atoms with Crippen molar-refractivity contribution in [2.24, 2.45) is 0 Å². The minimum atomic E-state index is -0.852. The molecule has 0 radical (unpaired) electrons. The number of para-hydroxylation sites is 1. The fourth-order valence-corrected chi connectivity index (χ4v) is 5.36. The molecule has 5 rings (SSSR count). The molecule has 0 saturated carbocycles. The molecule has 1 N–H and O–H groups in total. The maximum atomic E-state index is 13.2.